The van der Waals surface area contributed by atoms with E-state index in [0.29, 0.717) is 26.2 Å². The molecule has 0 aromatic carbocycles. The zero-order valence-corrected chi connectivity index (χ0v) is 11.7. The first kappa shape index (κ1) is 13.9. The molecule has 2 heterocycles. The van der Waals surface area contributed by atoms with Crippen molar-refractivity contribution in [2.24, 2.45) is 0 Å². The molecule has 1 aliphatic rings. The van der Waals surface area contributed by atoms with Gasteiger partial charge >= 0.3 is 0 Å². The highest BCUT2D eigenvalue weighted by molar-refractivity contribution is 5.78. The van der Waals surface area contributed by atoms with Crippen molar-refractivity contribution in [1.29, 1.82) is 0 Å². The van der Waals surface area contributed by atoms with E-state index in [1.165, 1.54) is 0 Å². The van der Waals surface area contributed by atoms with Gasteiger partial charge in [-0.05, 0) is 27.1 Å². The van der Waals surface area contributed by atoms with E-state index >= 15 is 0 Å². The predicted octanol–water partition coefficient (Wildman–Crippen LogP) is 0.247. The van der Waals surface area contributed by atoms with E-state index in [2.05, 4.69) is 9.97 Å². The minimum Gasteiger partial charge on any atom is -0.368 e. The lowest BCUT2D eigenvalue weighted by atomic mass is 10.2. The second-order valence-electron chi connectivity index (χ2n) is 4.97. The van der Waals surface area contributed by atoms with E-state index in [9.17, 15) is 4.79 Å². The Morgan fingerprint density at radius 2 is 2.37 bits per heavy atom. The third kappa shape index (κ3) is 3.71. The number of morpholine rings is 1. The SMILES string of the molecule is Cc1nccc(C2CN(C(=O)CN(C)C)CCO2)n1. The Morgan fingerprint density at radius 3 is 3.05 bits per heavy atom. The van der Waals surface area contributed by atoms with Crippen LogP contribution in [0.3, 0.4) is 0 Å². The van der Waals surface area contributed by atoms with Crippen LogP contribution in [0.4, 0.5) is 0 Å². The molecule has 0 aliphatic carbocycles. The molecule has 19 heavy (non-hydrogen) atoms. The number of aryl methyl sites for hydroxylation is 1. The van der Waals surface area contributed by atoms with Crippen LogP contribution in [0.2, 0.25) is 0 Å². The number of hydrogen-bond donors (Lipinski definition) is 0. The van der Waals surface area contributed by atoms with Crippen molar-refractivity contribution in [2.45, 2.75) is 13.0 Å². The number of carbonyl (C=O) groups excluding carboxylic acids is 1. The molecule has 1 unspecified atom stereocenters. The van der Waals surface area contributed by atoms with Crippen LogP contribution in [0.1, 0.15) is 17.6 Å². The summed E-state index contributed by atoms with van der Waals surface area (Å²) >= 11 is 0. The van der Waals surface area contributed by atoms with Crippen molar-refractivity contribution in [3.63, 3.8) is 0 Å². The normalized spacial score (nSPS) is 19.8. The molecule has 1 fully saturated rings. The van der Waals surface area contributed by atoms with Gasteiger partial charge in [-0.2, -0.15) is 0 Å². The summed E-state index contributed by atoms with van der Waals surface area (Å²) in [6.45, 7) is 4.03. The lowest BCUT2D eigenvalue weighted by Crippen LogP contribution is -2.45. The zero-order valence-electron chi connectivity index (χ0n) is 11.7. The summed E-state index contributed by atoms with van der Waals surface area (Å²) in [5.41, 5.74) is 0.842. The Hall–Kier alpha value is -1.53. The monoisotopic (exact) mass is 264 g/mol. The average Bonchev–Trinajstić information content (AvgIpc) is 2.38. The molecule has 1 aliphatic heterocycles. The van der Waals surface area contributed by atoms with Gasteiger partial charge < -0.3 is 14.5 Å². The first-order valence-corrected chi connectivity index (χ1v) is 6.40. The highest BCUT2D eigenvalue weighted by Crippen LogP contribution is 2.20. The molecule has 1 atom stereocenters. The van der Waals surface area contributed by atoms with Crippen LogP contribution in [-0.2, 0) is 9.53 Å². The molecule has 1 amide bonds. The summed E-state index contributed by atoms with van der Waals surface area (Å²) in [4.78, 5) is 24.2. The number of likely N-dealkylation sites (N-methyl/N-ethyl adjacent to an activating group) is 1. The van der Waals surface area contributed by atoms with Crippen molar-refractivity contribution in [1.82, 2.24) is 19.8 Å². The van der Waals surface area contributed by atoms with Gasteiger partial charge in [-0.1, -0.05) is 0 Å². The van der Waals surface area contributed by atoms with E-state index in [4.69, 9.17) is 4.74 Å². The first-order chi connectivity index (χ1) is 9.06. The number of nitrogens with zero attached hydrogens (tertiary/aromatic N) is 4. The van der Waals surface area contributed by atoms with Gasteiger partial charge in [0.15, 0.2) is 0 Å². The molecule has 0 saturated carbocycles. The number of amides is 1. The Balaban J connectivity index is 2.03. The smallest absolute Gasteiger partial charge is 0.236 e. The fourth-order valence-electron chi connectivity index (χ4n) is 2.08. The molecular formula is C13H20N4O2. The van der Waals surface area contributed by atoms with Crippen molar-refractivity contribution in [3.8, 4) is 0 Å². The second-order valence-corrected chi connectivity index (χ2v) is 4.97. The summed E-state index contributed by atoms with van der Waals surface area (Å²) in [7, 11) is 3.78. The maximum Gasteiger partial charge on any atom is 0.236 e. The molecule has 1 aromatic rings. The van der Waals surface area contributed by atoms with Crippen molar-refractivity contribution in [2.75, 3.05) is 40.3 Å². The molecule has 104 valence electrons. The van der Waals surface area contributed by atoms with Gasteiger partial charge in [0, 0.05) is 12.7 Å². The van der Waals surface area contributed by atoms with Gasteiger partial charge in [-0.25, -0.2) is 9.97 Å². The van der Waals surface area contributed by atoms with Gasteiger partial charge in [-0.15, -0.1) is 0 Å². The average molecular weight is 264 g/mol. The van der Waals surface area contributed by atoms with E-state index in [0.717, 1.165) is 11.5 Å². The maximum absolute atomic E-state index is 12.0. The molecule has 1 aromatic heterocycles. The minimum atomic E-state index is -0.151. The lowest BCUT2D eigenvalue weighted by molar-refractivity contribution is -0.139. The summed E-state index contributed by atoms with van der Waals surface area (Å²) in [5.74, 6) is 0.849. The molecule has 6 nitrogen and oxygen atoms in total. The fraction of sp³-hybridized carbons (Fsp3) is 0.615. The predicted molar refractivity (Wildman–Crippen MR) is 70.6 cm³/mol. The number of aromatic nitrogens is 2. The molecular weight excluding hydrogens is 244 g/mol. The van der Waals surface area contributed by atoms with E-state index in [1.807, 2.05) is 36.9 Å². The quantitative estimate of drug-likeness (QED) is 0.783. The van der Waals surface area contributed by atoms with E-state index in [1.54, 1.807) is 6.20 Å². The maximum atomic E-state index is 12.0. The van der Waals surface area contributed by atoms with Crippen LogP contribution in [-0.4, -0.2) is 66.0 Å². The highest BCUT2D eigenvalue weighted by atomic mass is 16.5. The number of carbonyl (C=O) groups is 1. The number of rotatable bonds is 3. The zero-order chi connectivity index (χ0) is 13.8. The van der Waals surface area contributed by atoms with Crippen LogP contribution in [0.5, 0.6) is 0 Å². The van der Waals surface area contributed by atoms with Crippen molar-refractivity contribution < 1.29 is 9.53 Å². The molecule has 6 heteroatoms. The minimum absolute atomic E-state index is 0.129. The Morgan fingerprint density at radius 1 is 1.58 bits per heavy atom. The summed E-state index contributed by atoms with van der Waals surface area (Å²) in [5, 5.41) is 0. The van der Waals surface area contributed by atoms with E-state index < -0.39 is 0 Å². The van der Waals surface area contributed by atoms with Gasteiger partial charge in [0.25, 0.3) is 0 Å². The number of ether oxygens (including phenoxy) is 1. The molecule has 2 rings (SSSR count). The molecule has 1 saturated heterocycles. The third-order valence-corrected chi connectivity index (χ3v) is 3.00. The Bertz CT molecular complexity index is 450. The topological polar surface area (TPSA) is 58.6 Å². The van der Waals surface area contributed by atoms with Crippen molar-refractivity contribution in [3.05, 3.63) is 23.8 Å². The van der Waals surface area contributed by atoms with Crippen LogP contribution < -0.4 is 0 Å². The summed E-state index contributed by atoms with van der Waals surface area (Å²) in [6.07, 6.45) is 1.57. The van der Waals surface area contributed by atoms with Gasteiger partial charge in [-0.3, -0.25) is 4.79 Å². The van der Waals surface area contributed by atoms with Crippen LogP contribution >= 0.6 is 0 Å². The lowest BCUT2D eigenvalue weighted by Gasteiger charge is -2.33. The van der Waals surface area contributed by atoms with Gasteiger partial charge in [0.05, 0.1) is 25.4 Å². The summed E-state index contributed by atoms with van der Waals surface area (Å²) in [6, 6.07) is 1.84. The molecule has 0 radical (unpaired) electrons. The third-order valence-electron chi connectivity index (χ3n) is 3.00. The summed E-state index contributed by atoms with van der Waals surface area (Å²) < 4.78 is 5.71. The van der Waals surface area contributed by atoms with Crippen LogP contribution in [0.25, 0.3) is 0 Å². The fourth-order valence-corrected chi connectivity index (χ4v) is 2.08. The molecule has 0 bridgehead atoms. The Labute approximate surface area is 113 Å². The first-order valence-electron chi connectivity index (χ1n) is 6.40. The second kappa shape index (κ2) is 6.08. The molecule has 0 N–H and O–H groups in total. The standard InChI is InChI=1S/C13H20N4O2/c1-10-14-5-4-11(15-10)12-8-17(6-7-19-12)13(18)9-16(2)3/h4-5,12H,6-9H2,1-3H3. The largest absolute Gasteiger partial charge is 0.368 e. The number of hydrogen-bond acceptors (Lipinski definition) is 5. The van der Waals surface area contributed by atoms with Gasteiger partial charge in [0.1, 0.15) is 11.9 Å². The molecule has 0 spiro atoms. The van der Waals surface area contributed by atoms with Crippen molar-refractivity contribution >= 4 is 5.91 Å². The highest BCUT2D eigenvalue weighted by Gasteiger charge is 2.26. The van der Waals surface area contributed by atoms with Crippen LogP contribution in [0.15, 0.2) is 12.3 Å². The Kier molecular flexibility index (Phi) is 4.44. The van der Waals surface area contributed by atoms with Gasteiger partial charge in [0.2, 0.25) is 5.91 Å². The van der Waals surface area contributed by atoms with Crippen LogP contribution in [0, 0.1) is 6.92 Å². The van der Waals surface area contributed by atoms with E-state index in [-0.39, 0.29) is 12.0 Å².